The molecule has 1 amide bonds. The molecule has 1 aliphatic rings. The summed E-state index contributed by atoms with van der Waals surface area (Å²) in [6.07, 6.45) is 2.73. The molecule has 0 aliphatic carbocycles. The minimum Gasteiger partial charge on any atom is -0.495 e. The number of amides is 1. The van der Waals surface area contributed by atoms with Crippen molar-refractivity contribution in [1.29, 1.82) is 0 Å². The minimum absolute atomic E-state index is 0.116. The lowest BCUT2D eigenvalue weighted by atomic mass is 9.98. The molecule has 0 radical (unpaired) electrons. The lowest BCUT2D eigenvalue weighted by molar-refractivity contribution is -0.123. The van der Waals surface area contributed by atoms with E-state index in [1.165, 1.54) is 27.0 Å². The molecular formula is C24H25N3O6S3. The molecule has 0 N–H and O–H groups in total. The number of thiazole rings is 1. The smallest absolute Gasteiger partial charge is 0.252 e. The van der Waals surface area contributed by atoms with Crippen molar-refractivity contribution in [3.63, 3.8) is 0 Å². The molecule has 12 heteroatoms. The molecule has 1 saturated heterocycles. The number of thiophene rings is 1. The Balaban J connectivity index is 1.49. The van der Waals surface area contributed by atoms with Crippen molar-refractivity contribution in [2.24, 2.45) is 5.92 Å². The van der Waals surface area contributed by atoms with Crippen LogP contribution in [0.3, 0.4) is 0 Å². The van der Waals surface area contributed by atoms with Crippen molar-refractivity contribution in [2.75, 3.05) is 32.2 Å². The fourth-order valence-electron chi connectivity index (χ4n) is 4.31. The predicted molar refractivity (Wildman–Crippen MR) is 138 cm³/mol. The molecule has 1 atom stereocenters. The lowest BCUT2D eigenvalue weighted by Gasteiger charge is -2.33. The molecule has 0 bridgehead atoms. The number of sulfonamides is 1. The highest BCUT2D eigenvalue weighted by Crippen LogP contribution is 2.41. The molecule has 1 unspecified atom stereocenters. The molecule has 4 aromatic rings. The molecule has 9 nitrogen and oxygen atoms in total. The van der Waals surface area contributed by atoms with Crippen LogP contribution in [0.5, 0.6) is 11.5 Å². The van der Waals surface area contributed by atoms with Crippen LogP contribution in [0.4, 0.5) is 5.13 Å². The summed E-state index contributed by atoms with van der Waals surface area (Å²) in [6, 6.07) is 10.4. The van der Waals surface area contributed by atoms with Gasteiger partial charge in [0.15, 0.2) is 5.13 Å². The normalized spacial score (nSPS) is 16.8. The Bertz CT molecular complexity index is 1410. The van der Waals surface area contributed by atoms with E-state index < -0.39 is 15.9 Å². The van der Waals surface area contributed by atoms with Gasteiger partial charge in [0, 0.05) is 13.1 Å². The summed E-state index contributed by atoms with van der Waals surface area (Å²) in [5.41, 5.74) is 0.597. The van der Waals surface area contributed by atoms with E-state index in [0.29, 0.717) is 47.3 Å². The van der Waals surface area contributed by atoms with Gasteiger partial charge in [-0.1, -0.05) is 17.4 Å². The molecular weight excluding hydrogens is 522 g/mol. The van der Waals surface area contributed by atoms with Crippen LogP contribution in [0.1, 0.15) is 18.6 Å². The van der Waals surface area contributed by atoms with E-state index in [2.05, 4.69) is 0 Å². The number of methoxy groups -OCH3 is 2. The van der Waals surface area contributed by atoms with Gasteiger partial charge in [-0.15, -0.1) is 11.3 Å². The van der Waals surface area contributed by atoms with Gasteiger partial charge in [-0.3, -0.25) is 9.69 Å². The van der Waals surface area contributed by atoms with Gasteiger partial charge in [-0.05, 0) is 48.6 Å². The van der Waals surface area contributed by atoms with Crippen molar-refractivity contribution in [2.45, 2.75) is 23.6 Å². The first kappa shape index (κ1) is 24.8. The number of ether oxygens (including phenoxy) is 2. The van der Waals surface area contributed by atoms with Gasteiger partial charge in [-0.2, -0.15) is 4.31 Å². The number of hydrogen-bond donors (Lipinski definition) is 0. The summed E-state index contributed by atoms with van der Waals surface area (Å²) in [5.74, 6) is 1.09. The average Bonchev–Trinajstić information content (AvgIpc) is 3.68. The predicted octanol–water partition coefficient (Wildman–Crippen LogP) is 4.60. The second-order valence-corrected chi connectivity index (χ2v) is 12.4. The summed E-state index contributed by atoms with van der Waals surface area (Å²) in [6.45, 7) is 0.674. The van der Waals surface area contributed by atoms with Gasteiger partial charge >= 0.3 is 0 Å². The highest BCUT2D eigenvalue weighted by molar-refractivity contribution is 7.91. The van der Waals surface area contributed by atoms with Crippen LogP contribution < -0.4 is 14.4 Å². The fraction of sp³-hybridized carbons (Fsp3) is 0.333. The Labute approximate surface area is 216 Å². The standard InChI is InChI=1S/C24H25N3O6S3/c1-31-18-9-10-19(32-2)22-21(18)25-24(35-22)27(15-17-7-4-12-33-17)23(28)16-6-3-11-26(14-16)36(29,30)20-8-5-13-34-20/h4-5,7-10,12-13,16H,3,6,11,14-15H2,1-2H3. The zero-order valence-corrected chi connectivity index (χ0v) is 22.2. The number of carbonyl (C=O) groups is 1. The first-order valence-electron chi connectivity index (χ1n) is 11.3. The zero-order valence-electron chi connectivity index (χ0n) is 19.7. The lowest BCUT2D eigenvalue weighted by Crippen LogP contribution is -2.46. The first-order valence-corrected chi connectivity index (χ1v) is 14.4. The van der Waals surface area contributed by atoms with Crippen LogP contribution in [-0.2, 0) is 21.4 Å². The molecule has 3 aromatic heterocycles. The number of nitrogens with zero attached hydrogens (tertiary/aromatic N) is 3. The summed E-state index contributed by atoms with van der Waals surface area (Å²) < 4.78 is 45.3. The van der Waals surface area contributed by atoms with Crippen molar-refractivity contribution in [3.8, 4) is 11.5 Å². The van der Waals surface area contributed by atoms with E-state index in [4.69, 9.17) is 18.9 Å². The Morgan fingerprint density at radius 1 is 1.19 bits per heavy atom. The van der Waals surface area contributed by atoms with E-state index in [1.54, 1.807) is 67.2 Å². The van der Waals surface area contributed by atoms with E-state index in [9.17, 15) is 13.2 Å². The van der Waals surface area contributed by atoms with Crippen LogP contribution in [0.15, 0.2) is 56.7 Å². The van der Waals surface area contributed by atoms with Gasteiger partial charge in [0.05, 0.1) is 32.9 Å². The Morgan fingerprint density at radius 2 is 2.00 bits per heavy atom. The number of piperidine rings is 1. The van der Waals surface area contributed by atoms with Crippen LogP contribution >= 0.6 is 22.7 Å². The second kappa shape index (κ2) is 10.2. The largest absolute Gasteiger partial charge is 0.495 e. The molecule has 0 spiro atoms. The summed E-state index contributed by atoms with van der Waals surface area (Å²) in [5, 5.41) is 2.20. The maximum absolute atomic E-state index is 13.9. The maximum atomic E-state index is 13.9. The van der Waals surface area contributed by atoms with Crippen LogP contribution in [0.2, 0.25) is 0 Å². The fourth-order valence-corrected chi connectivity index (χ4v) is 8.06. The van der Waals surface area contributed by atoms with E-state index >= 15 is 0 Å². The Morgan fingerprint density at radius 3 is 2.69 bits per heavy atom. The molecule has 1 aliphatic heterocycles. The van der Waals surface area contributed by atoms with Crippen molar-refractivity contribution in [1.82, 2.24) is 9.29 Å². The quantitative estimate of drug-likeness (QED) is 0.318. The number of rotatable bonds is 8. The van der Waals surface area contributed by atoms with Gasteiger partial charge < -0.3 is 13.9 Å². The van der Waals surface area contributed by atoms with Crippen LogP contribution in [0, 0.1) is 5.92 Å². The SMILES string of the molecule is COc1ccc(OC)c2sc(N(Cc3ccco3)C(=O)C3CCCN(S(=O)(=O)c4cccs4)C3)nc12. The molecule has 190 valence electrons. The number of carbonyl (C=O) groups excluding carboxylic acids is 1. The third-order valence-electron chi connectivity index (χ3n) is 6.11. The van der Waals surface area contributed by atoms with E-state index in [1.807, 2.05) is 0 Å². The van der Waals surface area contributed by atoms with Gasteiger partial charge in [0.25, 0.3) is 10.0 Å². The Hall–Kier alpha value is -2.93. The minimum atomic E-state index is -3.65. The third kappa shape index (κ3) is 4.61. The molecule has 4 heterocycles. The van der Waals surface area contributed by atoms with E-state index in [-0.39, 0.29) is 23.2 Å². The summed E-state index contributed by atoms with van der Waals surface area (Å²) in [4.78, 5) is 20.3. The second-order valence-electron chi connectivity index (χ2n) is 8.28. The number of aromatic nitrogens is 1. The van der Waals surface area contributed by atoms with Crippen molar-refractivity contribution < 1.29 is 27.1 Å². The van der Waals surface area contributed by atoms with Gasteiger partial charge in [-0.25, -0.2) is 13.4 Å². The highest BCUT2D eigenvalue weighted by Gasteiger charge is 2.37. The molecule has 1 aromatic carbocycles. The van der Waals surface area contributed by atoms with E-state index in [0.717, 1.165) is 4.70 Å². The van der Waals surface area contributed by atoms with Crippen LogP contribution in [-0.4, -0.2) is 50.9 Å². The monoisotopic (exact) mass is 547 g/mol. The Kier molecular flexibility index (Phi) is 7.02. The summed E-state index contributed by atoms with van der Waals surface area (Å²) >= 11 is 2.50. The molecule has 0 saturated carbocycles. The number of benzene rings is 1. The number of anilines is 1. The van der Waals surface area contributed by atoms with Gasteiger partial charge in [0.2, 0.25) is 5.91 Å². The van der Waals surface area contributed by atoms with Crippen molar-refractivity contribution >= 4 is 54.0 Å². The highest BCUT2D eigenvalue weighted by atomic mass is 32.2. The number of fused-ring (bicyclic) bond motifs is 1. The molecule has 1 fully saturated rings. The number of hydrogen-bond acceptors (Lipinski definition) is 9. The van der Waals surface area contributed by atoms with Crippen LogP contribution in [0.25, 0.3) is 10.2 Å². The first-order chi connectivity index (χ1) is 17.4. The average molecular weight is 548 g/mol. The van der Waals surface area contributed by atoms with Crippen molar-refractivity contribution in [3.05, 3.63) is 53.8 Å². The maximum Gasteiger partial charge on any atom is 0.252 e. The topological polar surface area (TPSA) is 102 Å². The third-order valence-corrected chi connectivity index (χ3v) is 10.4. The number of furan rings is 1. The summed E-state index contributed by atoms with van der Waals surface area (Å²) in [7, 11) is -0.501. The molecule has 5 rings (SSSR count). The van der Waals surface area contributed by atoms with Gasteiger partial charge in [0.1, 0.15) is 31.7 Å². The zero-order chi connectivity index (χ0) is 25.3. The molecule has 36 heavy (non-hydrogen) atoms.